The van der Waals surface area contributed by atoms with E-state index in [2.05, 4.69) is 9.71 Å². The lowest BCUT2D eigenvalue weighted by Crippen LogP contribution is -2.22. The molecule has 0 amide bonds. The van der Waals surface area contributed by atoms with Crippen molar-refractivity contribution in [2.75, 3.05) is 26.6 Å². The van der Waals surface area contributed by atoms with Crippen molar-refractivity contribution >= 4 is 27.3 Å². The van der Waals surface area contributed by atoms with Crippen molar-refractivity contribution in [2.45, 2.75) is 20.4 Å². The molecule has 2 aromatic carbocycles. The summed E-state index contributed by atoms with van der Waals surface area (Å²) >= 11 is 1.39. The molecular formula is C23H26N2O7S2. The lowest BCUT2D eigenvalue weighted by Gasteiger charge is -2.14. The van der Waals surface area contributed by atoms with Crippen molar-refractivity contribution in [1.29, 1.82) is 0 Å². The van der Waals surface area contributed by atoms with E-state index >= 15 is 0 Å². The third kappa shape index (κ3) is 6.04. The number of carboxylic acids is 1. The van der Waals surface area contributed by atoms with Crippen molar-refractivity contribution < 1.29 is 32.5 Å². The topological polar surface area (TPSA) is 124 Å². The van der Waals surface area contributed by atoms with Gasteiger partial charge in [0.2, 0.25) is 10.0 Å². The van der Waals surface area contributed by atoms with Gasteiger partial charge >= 0.3 is 5.97 Å². The normalized spacial score (nSPS) is 11.3. The maximum Gasteiger partial charge on any atom is 0.339 e. The molecule has 0 aliphatic carbocycles. The maximum atomic E-state index is 11.9. The van der Waals surface area contributed by atoms with Crippen molar-refractivity contribution in [3.05, 3.63) is 46.8 Å². The summed E-state index contributed by atoms with van der Waals surface area (Å²) in [6.45, 7) is 4.67. The Kier molecular flexibility index (Phi) is 8.13. The van der Waals surface area contributed by atoms with Crippen LogP contribution in [0.25, 0.3) is 21.8 Å². The molecule has 0 saturated heterocycles. The number of benzene rings is 2. The Balaban J connectivity index is 2.03. The monoisotopic (exact) mass is 506 g/mol. The van der Waals surface area contributed by atoms with Crippen LogP contribution >= 0.6 is 11.3 Å². The average molecular weight is 507 g/mol. The largest absolute Gasteiger partial charge is 0.496 e. The molecule has 0 aliphatic rings. The van der Waals surface area contributed by atoms with Crippen LogP contribution < -0.4 is 18.9 Å². The summed E-state index contributed by atoms with van der Waals surface area (Å²) in [6, 6.07) is 8.71. The number of nitrogens with zero attached hydrogens (tertiary/aromatic N) is 1. The number of ether oxygens (including phenoxy) is 3. The van der Waals surface area contributed by atoms with Gasteiger partial charge in [-0.25, -0.2) is 22.9 Å². The number of nitrogens with one attached hydrogen (secondary N) is 1. The van der Waals surface area contributed by atoms with Gasteiger partial charge in [-0.2, -0.15) is 0 Å². The Labute approximate surface area is 202 Å². The minimum Gasteiger partial charge on any atom is -0.496 e. The summed E-state index contributed by atoms with van der Waals surface area (Å²) < 4.78 is 42.1. The third-order valence-corrected chi connectivity index (χ3v) is 6.28. The van der Waals surface area contributed by atoms with E-state index in [0.717, 1.165) is 11.8 Å². The van der Waals surface area contributed by atoms with E-state index in [1.807, 2.05) is 37.4 Å². The molecule has 0 spiro atoms. The van der Waals surface area contributed by atoms with Crippen LogP contribution in [0.4, 0.5) is 0 Å². The van der Waals surface area contributed by atoms with Crippen LogP contribution in [0.3, 0.4) is 0 Å². The number of aromatic nitrogens is 1. The highest BCUT2D eigenvalue weighted by Gasteiger charge is 2.20. The second-order valence-corrected chi connectivity index (χ2v) is 9.87. The Morgan fingerprint density at radius 1 is 1.09 bits per heavy atom. The molecular weight excluding hydrogens is 480 g/mol. The van der Waals surface area contributed by atoms with Gasteiger partial charge in [-0.1, -0.05) is 0 Å². The molecule has 0 aliphatic heterocycles. The molecule has 182 valence electrons. The van der Waals surface area contributed by atoms with E-state index in [1.54, 1.807) is 6.07 Å². The Morgan fingerprint density at radius 3 is 2.41 bits per heavy atom. The van der Waals surface area contributed by atoms with Crippen molar-refractivity contribution in [3.63, 3.8) is 0 Å². The van der Waals surface area contributed by atoms with Gasteiger partial charge < -0.3 is 19.3 Å². The number of hydrogen-bond acceptors (Lipinski definition) is 8. The number of thiazole rings is 1. The van der Waals surface area contributed by atoms with Gasteiger partial charge in [-0.3, -0.25) is 0 Å². The smallest absolute Gasteiger partial charge is 0.339 e. The lowest BCUT2D eigenvalue weighted by atomic mass is 10.0. The zero-order valence-electron chi connectivity index (χ0n) is 19.2. The molecule has 2 N–H and O–H groups in total. The first kappa shape index (κ1) is 25.5. The minimum atomic E-state index is -3.50. The van der Waals surface area contributed by atoms with Crippen molar-refractivity contribution in [3.8, 4) is 39.1 Å². The fourth-order valence-electron chi connectivity index (χ4n) is 3.30. The Morgan fingerprint density at radius 2 is 1.79 bits per heavy atom. The summed E-state index contributed by atoms with van der Waals surface area (Å²) in [5.74, 6) is 0.165. The van der Waals surface area contributed by atoms with E-state index in [4.69, 9.17) is 14.2 Å². The summed E-state index contributed by atoms with van der Waals surface area (Å²) in [5, 5.41) is 12.2. The fraction of sp³-hybridized carbons (Fsp3) is 0.304. The zero-order chi connectivity index (χ0) is 24.9. The first-order valence-electron chi connectivity index (χ1n) is 10.4. The van der Waals surface area contributed by atoms with E-state index in [1.165, 1.54) is 24.5 Å². The van der Waals surface area contributed by atoms with Gasteiger partial charge in [0.15, 0.2) is 11.5 Å². The van der Waals surface area contributed by atoms with Gasteiger partial charge in [0.25, 0.3) is 0 Å². The number of methoxy groups -OCH3 is 1. The molecule has 0 unspecified atom stereocenters. The van der Waals surface area contributed by atoms with Gasteiger partial charge in [0.1, 0.15) is 16.3 Å². The lowest BCUT2D eigenvalue weighted by molar-refractivity contribution is 0.0693. The van der Waals surface area contributed by atoms with Gasteiger partial charge in [0, 0.05) is 28.6 Å². The van der Waals surface area contributed by atoms with Crippen molar-refractivity contribution in [1.82, 2.24) is 9.71 Å². The molecule has 1 heterocycles. The number of aromatic carboxylic acids is 1. The van der Waals surface area contributed by atoms with Crippen LogP contribution in [0.15, 0.2) is 35.7 Å². The predicted octanol–water partition coefficient (Wildman–Crippen LogP) is 4.03. The van der Waals surface area contributed by atoms with Crippen LogP contribution in [-0.4, -0.2) is 51.1 Å². The average Bonchev–Trinajstić information content (AvgIpc) is 3.28. The molecule has 11 heteroatoms. The highest BCUT2D eigenvalue weighted by atomic mass is 32.2. The molecule has 0 atom stereocenters. The Bertz CT molecular complexity index is 1290. The predicted molar refractivity (Wildman–Crippen MR) is 131 cm³/mol. The first-order valence-corrected chi connectivity index (χ1v) is 13.2. The van der Waals surface area contributed by atoms with Crippen LogP contribution in [0.2, 0.25) is 0 Å². The number of rotatable bonds is 11. The summed E-state index contributed by atoms with van der Waals surface area (Å²) in [7, 11) is -2.15. The van der Waals surface area contributed by atoms with Gasteiger partial charge in [-0.05, 0) is 44.2 Å². The highest BCUT2D eigenvalue weighted by molar-refractivity contribution is 7.88. The van der Waals surface area contributed by atoms with Gasteiger partial charge in [0.05, 0.1) is 32.3 Å². The fourth-order valence-corrected chi connectivity index (χ4v) is 4.54. The molecule has 1 aromatic heterocycles. The third-order valence-electron chi connectivity index (χ3n) is 4.72. The standard InChI is InChI=1S/C23H26N2O7S2/c1-5-31-19-8-7-14(11-20(19)32-6-2)22-25-18(13-33-22)15-9-16(12-24-34(4,28)29)21(30-3)17(10-15)23(26)27/h7-11,13,24H,5-6,12H2,1-4H3,(H,26,27). The van der Waals surface area contributed by atoms with Crippen LogP contribution in [0, 0.1) is 0 Å². The molecule has 3 rings (SSSR count). The second-order valence-electron chi connectivity index (χ2n) is 7.18. The van der Waals surface area contributed by atoms with E-state index in [-0.39, 0.29) is 17.9 Å². The molecule has 0 radical (unpaired) electrons. The summed E-state index contributed by atoms with van der Waals surface area (Å²) in [5.41, 5.74) is 2.21. The highest BCUT2D eigenvalue weighted by Crippen LogP contribution is 2.37. The maximum absolute atomic E-state index is 11.9. The number of sulfonamides is 1. The van der Waals surface area contributed by atoms with Gasteiger partial charge in [-0.15, -0.1) is 11.3 Å². The minimum absolute atomic E-state index is 0.0837. The van der Waals surface area contributed by atoms with Crippen LogP contribution in [0.1, 0.15) is 29.8 Å². The SMILES string of the molecule is CCOc1ccc(-c2nc(-c3cc(CNS(C)(=O)=O)c(OC)c(C(=O)O)c3)cs2)cc1OCC. The molecule has 34 heavy (non-hydrogen) atoms. The summed E-state index contributed by atoms with van der Waals surface area (Å²) in [4.78, 5) is 16.5. The first-order chi connectivity index (χ1) is 16.2. The molecule has 0 saturated carbocycles. The number of carbonyl (C=O) groups is 1. The molecule has 0 fully saturated rings. The van der Waals surface area contributed by atoms with Crippen LogP contribution in [-0.2, 0) is 16.6 Å². The zero-order valence-corrected chi connectivity index (χ0v) is 20.9. The van der Waals surface area contributed by atoms with E-state index < -0.39 is 16.0 Å². The second kappa shape index (κ2) is 10.9. The molecule has 3 aromatic rings. The van der Waals surface area contributed by atoms with E-state index in [0.29, 0.717) is 46.5 Å². The van der Waals surface area contributed by atoms with Crippen molar-refractivity contribution in [2.24, 2.45) is 0 Å². The molecule has 0 bridgehead atoms. The number of carboxylic acid groups (broad SMARTS) is 1. The quantitative estimate of drug-likeness (QED) is 0.399. The summed E-state index contributed by atoms with van der Waals surface area (Å²) in [6.07, 6.45) is 1.03. The molecule has 9 nitrogen and oxygen atoms in total. The number of hydrogen-bond donors (Lipinski definition) is 2. The Hall–Kier alpha value is -3.15. The van der Waals surface area contributed by atoms with Crippen LogP contribution in [0.5, 0.6) is 17.2 Å². The van der Waals surface area contributed by atoms with E-state index in [9.17, 15) is 18.3 Å².